The minimum atomic E-state index is 0.670. The summed E-state index contributed by atoms with van der Waals surface area (Å²) in [6.45, 7) is 0. The average Bonchev–Trinajstić information content (AvgIpc) is 2.47. The Hall–Kier alpha value is -1.53. The lowest BCUT2D eigenvalue weighted by Gasteiger charge is -2.16. The van der Waals surface area contributed by atoms with E-state index in [0.717, 1.165) is 44.4 Å². The number of nitrogens with zero attached hydrogens (tertiary/aromatic N) is 3. The molecule has 20 heavy (non-hydrogen) atoms. The fourth-order valence-corrected chi connectivity index (χ4v) is 2.52. The summed E-state index contributed by atoms with van der Waals surface area (Å²) in [5.74, 6) is 0.745. The van der Waals surface area contributed by atoms with Gasteiger partial charge in [-0.15, -0.1) is 0 Å². The molecular weight excluding hydrogens is 246 g/mol. The van der Waals surface area contributed by atoms with Gasteiger partial charge in [-0.2, -0.15) is 15.8 Å². The van der Waals surface area contributed by atoms with E-state index >= 15 is 0 Å². The molecule has 0 unspecified atom stereocenters. The molecule has 0 N–H and O–H groups in total. The molecule has 0 atom stereocenters. The van der Waals surface area contributed by atoms with Gasteiger partial charge in [0.05, 0.1) is 18.2 Å². The monoisotopic (exact) mass is 273 g/mol. The van der Waals surface area contributed by atoms with E-state index in [1.807, 2.05) is 0 Å². The zero-order valence-corrected chi connectivity index (χ0v) is 12.6. The van der Waals surface area contributed by atoms with Gasteiger partial charge in [0.1, 0.15) is 0 Å². The van der Waals surface area contributed by atoms with Crippen molar-refractivity contribution >= 4 is 0 Å². The molecule has 3 nitrogen and oxygen atoms in total. The van der Waals surface area contributed by atoms with E-state index in [2.05, 4.69) is 18.2 Å². The third-order valence-electron chi connectivity index (χ3n) is 3.70. The summed E-state index contributed by atoms with van der Waals surface area (Å²) in [5, 5.41) is 25.6. The Labute approximate surface area is 124 Å². The van der Waals surface area contributed by atoms with E-state index in [4.69, 9.17) is 15.8 Å². The van der Waals surface area contributed by atoms with Gasteiger partial charge in [0.15, 0.2) is 0 Å². The summed E-state index contributed by atoms with van der Waals surface area (Å²) < 4.78 is 0. The van der Waals surface area contributed by atoms with Crippen molar-refractivity contribution in [2.45, 2.75) is 83.5 Å². The number of hydrogen-bond donors (Lipinski definition) is 0. The van der Waals surface area contributed by atoms with E-state index in [0.29, 0.717) is 19.3 Å². The molecule has 0 saturated carbocycles. The van der Waals surface area contributed by atoms with Gasteiger partial charge in [0.25, 0.3) is 0 Å². The first-order chi connectivity index (χ1) is 9.85. The van der Waals surface area contributed by atoms with Crippen molar-refractivity contribution in [3.8, 4) is 18.2 Å². The van der Waals surface area contributed by atoms with Crippen molar-refractivity contribution in [1.82, 2.24) is 0 Å². The molecule has 0 bridgehead atoms. The van der Waals surface area contributed by atoms with Crippen LogP contribution in [0.25, 0.3) is 0 Å². The van der Waals surface area contributed by atoms with Gasteiger partial charge in [0.2, 0.25) is 0 Å². The molecule has 0 spiro atoms. The number of hydrogen-bond acceptors (Lipinski definition) is 3. The van der Waals surface area contributed by atoms with E-state index in [1.54, 1.807) is 0 Å². The zero-order valence-electron chi connectivity index (χ0n) is 12.6. The maximum Gasteiger partial charge on any atom is 0.0621 e. The summed E-state index contributed by atoms with van der Waals surface area (Å²) in [4.78, 5) is 0. The minimum Gasteiger partial charge on any atom is -0.198 e. The average molecular weight is 273 g/mol. The first-order valence-corrected chi connectivity index (χ1v) is 7.96. The summed E-state index contributed by atoms with van der Waals surface area (Å²) >= 11 is 0. The number of nitriles is 3. The molecule has 3 heteroatoms. The normalized spacial score (nSPS) is 9.90. The molecule has 0 heterocycles. The predicted molar refractivity (Wildman–Crippen MR) is 80.4 cm³/mol. The van der Waals surface area contributed by atoms with Gasteiger partial charge < -0.3 is 0 Å². The lowest BCUT2D eigenvalue weighted by Crippen LogP contribution is -2.01. The molecule has 0 aliphatic heterocycles. The molecular formula is C17H27N3. The fraction of sp³-hybridized carbons (Fsp3) is 0.824. The molecule has 0 aromatic heterocycles. The lowest BCUT2D eigenvalue weighted by molar-refractivity contribution is 0.374. The van der Waals surface area contributed by atoms with Crippen LogP contribution in [-0.2, 0) is 0 Å². The quantitative estimate of drug-likeness (QED) is 0.430. The molecule has 0 rings (SSSR count). The Balaban J connectivity index is 3.77. The second kappa shape index (κ2) is 15.5. The number of unbranched alkanes of at least 4 members (excludes halogenated alkanes) is 7. The van der Waals surface area contributed by atoms with Gasteiger partial charge >= 0.3 is 0 Å². The predicted octanol–water partition coefficient (Wildman–Crippen LogP) is 5.24. The van der Waals surface area contributed by atoms with Crippen LogP contribution in [0.2, 0.25) is 0 Å². The van der Waals surface area contributed by atoms with Gasteiger partial charge in [-0.1, -0.05) is 44.9 Å². The van der Waals surface area contributed by atoms with Crippen LogP contribution in [-0.4, -0.2) is 0 Å². The molecule has 0 aliphatic carbocycles. The molecule has 0 aromatic carbocycles. The zero-order chi connectivity index (χ0) is 14.9. The third kappa shape index (κ3) is 12.9. The molecule has 0 amide bonds. The van der Waals surface area contributed by atoms with Crippen LogP contribution in [0, 0.1) is 39.9 Å². The van der Waals surface area contributed by atoms with Gasteiger partial charge in [0, 0.05) is 19.3 Å². The van der Waals surface area contributed by atoms with Crippen LogP contribution in [0.5, 0.6) is 0 Å². The van der Waals surface area contributed by atoms with Crippen LogP contribution >= 0.6 is 0 Å². The first kappa shape index (κ1) is 18.5. The van der Waals surface area contributed by atoms with E-state index in [1.165, 1.54) is 25.7 Å². The highest BCUT2D eigenvalue weighted by molar-refractivity contribution is 4.72. The van der Waals surface area contributed by atoms with Crippen molar-refractivity contribution in [3.05, 3.63) is 0 Å². The van der Waals surface area contributed by atoms with Crippen LogP contribution in [0.15, 0.2) is 0 Å². The molecule has 0 fully saturated rings. The number of rotatable bonds is 13. The standard InChI is InChI=1S/C17H27N3/c18-14-8-2-1-5-11-17(12-6-3-9-15-19)13-7-4-10-16-20/h17H,1-13H2. The second-order valence-electron chi connectivity index (χ2n) is 5.43. The van der Waals surface area contributed by atoms with Crippen molar-refractivity contribution in [3.63, 3.8) is 0 Å². The second-order valence-corrected chi connectivity index (χ2v) is 5.43. The maximum absolute atomic E-state index is 8.55. The Morgan fingerprint density at radius 3 is 1.25 bits per heavy atom. The Bertz CT molecular complexity index is 308. The molecule has 110 valence electrons. The highest BCUT2D eigenvalue weighted by atomic mass is 14.2. The van der Waals surface area contributed by atoms with E-state index < -0.39 is 0 Å². The lowest BCUT2D eigenvalue weighted by atomic mass is 9.90. The van der Waals surface area contributed by atoms with Crippen LogP contribution in [0.1, 0.15) is 83.5 Å². The smallest absolute Gasteiger partial charge is 0.0621 e. The highest BCUT2D eigenvalue weighted by Crippen LogP contribution is 2.23. The maximum atomic E-state index is 8.55. The van der Waals surface area contributed by atoms with Crippen LogP contribution in [0.4, 0.5) is 0 Å². The molecule has 0 radical (unpaired) electrons. The van der Waals surface area contributed by atoms with Gasteiger partial charge in [-0.25, -0.2) is 0 Å². The highest BCUT2D eigenvalue weighted by Gasteiger charge is 2.08. The van der Waals surface area contributed by atoms with E-state index in [9.17, 15) is 0 Å². The molecule has 0 saturated heterocycles. The summed E-state index contributed by atoms with van der Waals surface area (Å²) in [6.07, 6.45) is 13.4. The van der Waals surface area contributed by atoms with Crippen LogP contribution in [0.3, 0.4) is 0 Å². The van der Waals surface area contributed by atoms with E-state index in [-0.39, 0.29) is 0 Å². The Kier molecular flexibility index (Phi) is 14.3. The minimum absolute atomic E-state index is 0.670. The van der Waals surface area contributed by atoms with Crippen LogP contribution < -0.4 is 0 Å². The van der Waals surface area contributed by atoms with Gasteiger partial charge in [-0.05, 0) is 25.2 Å². The molecule has 0 aromatic rings. The van der Waals surface area contributed by atoms with Crippen molar-refractivity contribution in [2.75, 3.05) is 0 Å². The SMILES string of the molecule is N#CCCCCCC(CCCCC#N)CCCCC#N. The fourth-order valence-electron chi connectivity index (χ4n) is 2.52. The topological polar surface area (TPSA) is 71.4 Å². The van der Waals surface area contributed by atoms with Crippen molar-refractivity contribution in [1.29, 1.82) is 15.8 Å². The van der Waals surface area contributed by atoms with Crippen molar-refractivity contribution < 1.29 is 0 Å². The van der Waals surface area contributed by atoms with Crippen molar-refractivity contribution in [2.24, 2.45) is 5.92 Å². The first-order valence-electron chi connectivity index (χ1n) is 7.96. The largest absolute Gasteiger partial charge is 0.198 e. The Morgan fingerprint density at radius 2 is 0.850 bits per heavy atom. The van der Waals surface area contributed by atoms with Gasteiger partial charge in [-0.3, -0.25) is 0 Å². The third-order valence-corrected chi connectivity index (χ3v) is 3.70. The summed E-state index contributed by atoms with van der Waals surface area (Å²) in [7, 11) is 0. The summed E-state index contributed by atoms with van der Waals surface area (Å²) in [5.41, 5.74) is 0. The molecule has 0 aliphatic rings. The summed E-state index contributed by atoms with van der Waals surface area (Å²) in [6, 6.07) is 6.59. The Morgan fingerprint density at radius 1 is 0.500 bits per heavy atom.